The third-order valence-corrected chi connectivity index (χ3v) is 2.10. The van der Waals surface area contributed by atoms with Gasteiger partial charge in [0, 0.05) is 5.56 Å². The van der Waals surface area contributed by atoms with E-state index < -0.39 is 5.82 Å². The smallest absolute Gasteiger partial charge is 0.318 e. The highest BCUT2D eigenvalue weighted by Gasteiger charge is 2.05. The van der Waals surface area contributed by atoms with Crippen molar-refractivity contribution in [2.45, 2.75) is 6.61 Å². The quantitative estimate of drug-likeness (QED) is 0.842. The average Bonchev–Trinajstić information content (AvgIpc) is 2.32. The molecular formula is C11H10FN3O2. The zero-order chi connectivity index (χ0) is 12.3. The second-order valence-corrected chi connectivity index (χ2v) is 3.30. The Kier molecular flexibility index (Phi) is 3.04. The maximum Gasteiger partial charge on any atom is 0.318 e. The first-order chi connectivity index (χ1) is 8.16. The summed E-state index contributed by atoms with van der Waals surface area (Å²) in [6, 6.07) is 6.66. The van der Waals surface area contributed by atoms with Crippen LogP contribution in [0, 0.1) is 5.82 Å². The number of anilines is 1. The van der Waals surface area contributed by atoms with Gasteiger partial charge in [-0.3, -0.25) is 0 Å². The fourth-order valence-electron chi connectivity index (χ4n) is 1.21. The number of ether oxygens (including phenoxy) is 1. The molecule has 0 atom stereocenters. The standard InChI is InChI=1S/C11H10FN3O2/c12-8-5-14-11(15-10(8)13)17-6-7-3-1-2-4-9(7)16/h1-5,16H,6H2,(H2,13,14,15). The number of rotatable bonds is 3. The van der Waals surface area contributed by atoms with E-state index in [4.69, 9.17) is 10.5 Å². The van der Waals surface area contributed by atoms with Crippen LogP contribution in [-0.2, 0) is 6.61 Å². The van der Waals surface area contributed by atoms with Gasteiger partial charge in [-0.15, -0.1) is 0 Å². The van der Waals surface area contributed by atoms with Crippen molar-refractivity contribution in [2.24, 2.45) is 0 Å². The SMILES string of the molecule is Nc1nc(OCc2ccccc2O)ncc1F. The third kappa shape index (κ3) is 2.60. The molecule has 17 heavy (non-hydrogen) atoms. The second kappa shape index (κ2) is 4.65. The fraction of sp³-hybridized carbons (Fsp3) is 0.0909. The molecule has 3 N–H and O–H groups in total. The molecule has 88 valence electrons. The average molecular weight is 235 g/mol. The van der Waals surface area contributed by atoms with Crippen molar-refractivity contribution in [3.63, 3.8) is 0 Å². The number of aromatic nitrogens is 2. The number of phenolic OH excluding ortho intramolecular Hbond substituents is 1. The number of aromatic hydroxyl groups is 1. The molecular weight excluding hydrogens is 225 g/mol. The number of hydrogen-bond acceptors (Lipinski definition) is 5. The number of nitrogens with two attached hydrogens (primary N) is 1. The van der Waals surface area contributed by atoms with Gasteiger partial charge in [0.15, 0.2) is 11.6 Å². The van der Waals surface area contributed by atoms with Crippen LogP contribution in [0.1, 0.15) is 5.56 Å². The predicted molar refractivity (Wildman–Crippen MR) is 58.8 cm³/mol. The lowest BCUT2D eigenvalue weighted by molar-refractivity contribution is 0.274. The first-order valence-electron chi connectivity index (χ1n) is 4.84. The van der Waals surface area contributed by atoms with E-state index in [0.29, 0.717) is 5.56 Å². The van der Waals surface area contributed by atoms with Crippen molar-refractivity contribution >= 4 is 5.82 Å². The molecule has 0 aliphatic heterocycles. The normalized spacial score (nSPS) is 10.2. The Hall–Kier alpha value is -2.37. The van der Waals surface area contributed by atoms with Crippen molar-refractivity contribution in [3.8, 4) is 11.8 Å². The number of para-hydroxylation sites is 1. The Balaban J connectivity index is 2.08. The number of phenols is 1. The van der Waals surface area contributed by atoms with E-state index in [1.165, 1.54) is 0 Å². The van der Waals surface area contributed by atoms with Gasteiger partial charge in [-0.05, 0) is 6.07 Å². The van der Waals surface area contributed by atoms with E-state index in [9.17, 15) is 9.50 Å². The number of benzene rings is 1. The summed E-state index contributed by atoms with van der Waals surface area (Å²) in [5, 5.41) is 9.48. The number of halogens is 1. The van der Waals surface area contributed by atoms with Crippen LogP contribution in [0.2, 0.25) is 0 Å². The van der Waals surface area contributed by atoms with Crippen LogP contribution in [0.25, 0.3) is 0 Å². The second-order valence-electron chi connectivity index (χ2n) is 3.30. The minimum absolute atomic E-state index is 0.0350. The monoisotopic (exact) mass is 235 g/mol. The van der Waals surface area contributed by atoms with E-state index in [0.717, 1.165) is 6.20 Å². The molecule has 0 aliphatic carbocycles. The summed E-state index contributed by atoms with van der Waals surface area (Å²) in [6.07, 6.45) is 0.933. The largest absolute Gasteiger partial charge is 0.508 e. The highest BCUT2D eigenvalue weighted by atomic mass is 19.1. The van der Waals surface area contributed by atoms with Crippen LogP contribution in [0.3, 0.4) is 0 Å². The van der Waals surface area contributed by atoms with Crippen LogP contribution in [0.15, 0.2) is 30.5 Å². The minimum Gasteiger partial charge on any atom is -0.508 e. The lowest BCUT2D eigenvalue weighted by Gasteiger charge is -2.06. The Bertz CT molecular complexity index is 534. The van der Waals surface area contributed by atoms with Gasteiger partial charge in [0.1, 0.15) is 12.4 Å². The van der Waals surface area contributed by atoms with Crippen molar-refractivity contribution in [1.82, 2.24) is 9.97 Å². The lowest BCUT2D eigenvalue weighted by Crippen LogP contribution is -2.03. The highest BCUT2D eigenvalue weighted by molar-refractivity contribution is 5.32. The van der Waals surface area contributed by atoms with E-state index >= 15 is 0 Å². The minimum atomic E-state index is -0.695. The molecule has 0 saturated carbocycles. The number of nitrogens with zero attached hydrogens (tertiary/aromatic N) is 2. The summed E-state index contributed by atoms with van der Waals surface area (Å²) in [4.78, 5) is 7.22. The van der Waals surface area contributed by atoms with Gasteiger partial charge in [0.2, 0.25) is 0 Å². The van der Waals surface area contributed by atoms with Gasteiger partial charge in [0.05, 0.1) is 6.20 Å². The van der Waals surface area contributed by atoms with Crippen molar-refractivity contribution < 1.29 is 14.2 Å². The maximum atomic E-state index is 12.8. The molecule has 0 saturated heterocycles. The Labute approximate surface area is 96.7 Å². The number of nitrogen functional groups attached to an aromatic ring is 1. The van der Waals surface area contributed by atoms with Crippen molar-refractivity contribution in [3.05, 3.63) is 41.8 Å². The summed E-state index contributed by atoms with van der Waals surface area (Å²) < 4.78 is 18.0. The topological polar surface area (TPSA) is 81.3 Å². The van der Waals surface area contributed by atoms with Gasteiger partial charge in [0.25, 0.3) is 0 Å². The van der Waals surface area contributed by atoms with Gasteiger partial charge in [-0.2, -0.15) is 4.98 Å². The predicted octanol–water partition coefficient (Wildman–Crippen LogP) is 1.48. The molecule has 2 aromatic rings. The molecule has 0 radical (unpaired) electrons. The fourth-order valence-corrected chi connectivity index (χ4v) is 1.21. The molecule has 0 aliphatic rings. The van der Waals surface area contributed by atoms with Gasteiger partial charge in [-0.1, -0.05) is 18.2 Å². The Morgan fingerprint density at radius 1 is 1.35 bits per heavy atom. The van der Waals surface area contributed by atoms with Crippen LogP contribution >= 0.6 is 0 Å². The summed E-state index contributed by atoms with van der Waals surface area (Å²) in [7, 11) is 0. The molecule has 5 nitrogen and oxygen atoms in total. The van der Waals surface area contributed by atoms with Gasteiger partial charge >= 0.3 is 6.01 Å². The van der Waals surface area contributed by atoms with Crippen LogP contribution in [0.5, 0.6) is 11.8 Å². The highest BCUT2D eigenvalue weighted by Crippen LogP contribution is 2.17. The summed E-state index contributed by atoms with van der Waals surface area (Å²) >= 11 is 0. The molecule has 2 rings (SSSR count). The van der Waals surface area contributed by atoms with Crippen molar-refractivity contribution in [1.29, 1.82) is 0 Å². The third-order valence-electron chi connectivity index (χ3n) is 2.10. The van der Waals surface area contributed by atoms with E-state index in [1.54, 1.807) is 24.3 Å². The zero-order valence-electron chi connectivity index (χ0n) is 8.80. The maximum absolute atomic E-state index is 12.8. The first kappa shape index (κ1) is 11.1. The van der Waals surface area contributed by atoms with E-state index in [2.05, 4.69) is 9.97 Å². The first-order valence-corrected chi connectivity index (χ1v) is 4.84. The van der Waals surface area contributed by atoms with Crippen LogP contribution in [-0.4, -0.2) is 15.1 Å². The summed E-state index contributed by atoms with van der Waals surface area (Å²) in [6.45, 7) is 0.0811. The molecule has 0 bridgehead atoms. The van der Waals surface area contributed by atoms with Crippen LogP contribution < -0.4 is 10.5 Å². The summed E-state index contributed by atoms with van der Waals surface area (Å²) in [5.74, 6) is -0.852. The molecule has 0 unspecified atom stereocenters. The molecule has 0 spiro atoms. The Morgan fingerprint density at radius 2 is 2.12 bits per heavy atom. The zero-order valence-corrected chi connectivity index (χ0v) is 8.80. The molecule has 1 heterocycles. The molecule has 1 aromatic heterocycles. The van der Waals surface area contributed by atoms with Crippen LogP contribution in [0.4, 0.5) is 10.2 Å². The lowest BCUT2D eigenvalue weighted by atomic mass is 10.2. The molecule has 0 fully saturated rings. The Morgan fingerprint density at radius 3 is 2.82 bits per heavy atom. The molecule has 1 aromatic carbocycles. The van der Waals surface area contributed by atoms with Crippen molar-refractivity contribution in [2.75, 3.05) is 5.73 Å². The molecule has 0 amide bonds. The van der Waals surface area contributed by atoms with E-state index in [-0.39, 0.29) is 24.2 Å². The van der Waals surface area contributed by atoms with E-state index in [1.807, 2.05) is 0 Å². The molecule has 6 heteroatoms. The number of hydrogen-bond donors (Lipinski definition) is 2. The summed E-state index contributed by atoms with van der Waals surface area (Å²) in [5.41, 5.74) is 5.85. The van der Waals surface area contributed by atoms with Gasteiger partial charge in [-0.25, -0.2) is 9.37 Å². The van der Waals surface area contributed by atoms with Gasteiger partial charge < -0.3 is 15.6 Å².